The molecule has 0 aliphatic carbocycles. The molecule has 1 aromatic carbocycles. The first-order valence-electron chi connectivity index (χ1n) is 9.91. The van der Waals surface area contributed by atoms with Gasteiger partial charge in [0.15, 0.2) is 0 Å². The monoisotopic (exact) mass is 385 g/mol. The number of ether oxygens (including phenoxy) is 1. The molecule has 1 aromatic rings. The molecule has 2 rings (SSSR count). The third-order valence-electron chi connectivity index (χ3n) is 4.76. The summed E-state index contributed by atoms with van der Waals surface area (Å²) in [4.78, 5) is 29.4. The summed E-state index contributed by atoms with van der Waals surface area (Å²) in [7, 11) is 0. The summed E-state index contributed by atoms with van der Waals surface area (Å²) in [5, 5.41) is 8.95. The Morgan fingerprint density at radius 3 is 2.43 bits per heavy atom. The largest absolute Gasteiger partial charge is 0.444 e. The SMILES string of the molecule is CC(C)N(Cc1ccc(C#N)cc1)C(=O)[C@@H]1CCCCN1C(=O)OC(C)(C)C. The molecule has 1 aliphatic heterocycles. The Morgan fingerprint density at radius 2 is 1.89 bits per heavy atom. The lowest BCUT2D eigenvalue weighted by Crippen LogP contribution is -2.55. The van der Waals surface area contributed by atoms with Crippen LogP contribution in [0.3, 0.4) is 0 Å². The standard InChI is InChI=1S/C22H31N3O3/c1-16(2)25(15-18-11-9-17(14-23)10-12-18)20(26)19-8-6-7-13-24(19)21(27)28-22(3,4)5/h9-12,16,19H,6-8,13,15H2,1-5H3/t19-/m0/s1. The van der Waals surface area contributed by atoms with E-state index in [1.165, 1.54) is 0 Å². The molecule has 0 spiro atoms. The summed E-state index contributed by atoms with van der Waals surface area (Å²) < 4.78 is 5.53. The molecule has 1 fully saturated rings. The van der Waals surface area contributed by atoms with Crippen LogP contribution in [0.4, 0.5) is 4.79 Å². The molecule has 0 saturated carbocycles. The van der Waals surface area contributed by atoms with Gasteiger partial charge in [-0.1, -0.05) is 12.1 Å². The van der Waals surface area contributed by atoms with Gasteiger partial charge < -0.3 is 9.64 Å². The Balaban J connectivity index is 2.18. The molecular formula is C22H31N3O3. The zero-order valence-electron chi connectivity index (χ0n) is 17.6. The summed E-state index contributed by atoms with van der Waals surface area (Å²) >= 11 is 0. The van der Waals surface area contributed by atoms with Gasteiger partial charge in [-0.3, -0.25) is 9.69 Å². The molecule has 28 heavy (non-hydrogen) atoms. The molecule has 0 bridgehead atoms. The molecule has 1 atom stereocenters. The number of piperidine rings is 1. The second-order valence-corrected chi connectivity index (χ2v) is 8.55. The van der Waals surface area contributed by atoms with Crippen molar-refractivity contribution < 1.29 is 14.3 Å². The average Bonchev–Trinajstić information content (AvgIpc) is 2.64. The van der Waals surface area contributed by atoms with E-state index in [1.807, 2.05) is 46.8 Å². The Hall–Kier alpha value is -2.55. The Labute approximate surface area is 168 Å². The fourth-order valence-electron chi connectivity index (χ4n) is 3.32. The van der Waals surface area contributed by atoms with E-state index >= 15 is 0 Å². The second kappa shape index (κ2) is 9.09. The number of amides is 2. The quantitative estimate of drug-likeness (QED) is 0.783. The Morgan fingerprint density at radius 1 is 1.25 bits per heavy atom. The first kappa shape index (κ1) is 21.7. The van der Waals surface area contributed by atoms with E-state index < -0.39 is 17.7 Å². The van der Waals surface area contributed by atoms with Gasteiger partial charge in [-0.2, -0.15) is 5.26 Å². The van der Waals surface area contributed by atoms with Crippen molar-refractivity contribution >= 4 is 12.0 Å². The lowest BCUT2D eigenvalue weighted by atomic mass is 10.00. The highest BCUT2D eigenvalue weighted by atomic mass is 16.6. The number of carbonyl (C=O) groups is 2. The maximum absolute atomic E-state index is 13.4. The molecule has 1 aliphatic rings. The van der Waals surface area contributed by atoms with E-state index in [9.17, 15) is 9.59 Å². The molecule has 0 N–H and O–H groups in total. The first-order chi connectivity index (χ1) is 13.1. The molecule has 0 unspecified atom stereocenters. The van der Waals surface area contributed by atoms with E-state index in [0.29, 0.717) is 25.1 Å². The van der Waals surface area contributed by atoms with Gasteiger partial charge in [-0.25, -0.2) is 4.79 Å². The highest BCUT2D eigenvalue weighted by Crippen LogP contribution is 2.23. The topological polar surface area (TPSA) is 73.6 Å². The van der Waals surface area contributed by atoms with Crippen molar-refractivity contribution in [1.82, 2.24) is 9.80 Å². The third-order valence-corrected chi connectivity index (χ3v) is 4.76. The van der Waals surface area contributed by atoms with Gasteiger partial charge >= 0.3 is 6.09 Å². The molecule has 1 heterocycles. The van der Waals surface area contributed by atoms with Crippen LogP contribution < -0.4 is 0 Å². The van der Waals surface area contributed by atoms with E-state index in [2.05, 4.69) is 6.07 Å². The molecule has 1 saturated heterocycles. The van der Waals surface area contributed by atoms with E-state index in [1.54, 1.807) is 21.9 Å². The molecule has 6 heteroatoms. The number of likely N-dealkylation sites (tertiary alicyclic amines) is 1. The van der Waals surface area contributed by atoms with Crippen LogP contribution in [0.1, 0.15) is 65.0 Å². The normalized spacial score (nSPS) is 17.2. The predicted octanol–water partition coefficient (Wildman–Crippen LogP) is 4.08. The van der Waals surface area contributed by atoms with Crippen molar-refractivity contribution in [1.29, 1.82) is 5.26 Å². The number of hydrogen-bond acceptors (Lipinski definition) is 4. The maximum Gasteiger partial charge on any atom is 0.410 e. The van der Waals surface area contributed by atoms with Crippen molar-refractivity contribution in [3.8, 4) is 6.07 Å². The minimum absolute atomic E-state index is 0.00874. The van der Waals surface area contributed by atoms with Gasteiger partial charge in [0.25, 0.3) is 0 Å². The molecule has 6 nitrogen and oxygen atoms in total. The molecule has 2 amide bonds. The van der Waals surface area contributed by atoms with Crippen molar-refractivity contribution in [2.75, 3.05) is 6.54 Å². The lowest BCUT2D eigenvalue weighted by molar-refractivity contribution is -0.140. The van der Waals surface area contributed by atoms with Gasteiger partial charge in [-0.05, 0) is 71.6 Å². The summed E-state index contributed by atoms with van der Waals surface area (Å²) in [5.41, 5.74) is 0.956. The van der Waals surface area contributed by atoms with Crippen LogP contribution in [0.2, 0.25) is 0 Å². The lowest BCUT2D eigenvalue weighted by Gasteiger charge is -2.39. The zero-order chi connectivity index (χ0) is 20.9. The van der Waals surface area contributed by atoms with Crippen LogP contribution in [0.15, 0.2) is 24.3 Å². The first-order valence-corrected chi connectivity index (χ1v) is 9.91. The maximum atomic E-state index is 13.4. The van der Waals surface area contributed by atoms with Crippen molar-refractivity contribution in [2.45, 2.75) is 78.1 Å². The van der Waals surface area contributed by atoms with Crippen molar-refractivity contribution in [3.05, 3.63) is 35.4 Å². The number of rotatable bonds is 4. The minimum atomic E-state index is -0.595. The summed E-state index contributed by atoms with van der Waals surface area (Å²) in [5.74, 6) is -0.0510. The van der Waals surface area contributed by atoms with Crippen molar-refractivity contribution in [2.24, 2.45) is 0 Å². The average molecular weight is 386 g/mol. The van der Waals surface area contributed by atoms with E-state index in [0.717, 1.165) is 18.4 Å². The Bertz CT molecular complexity index is 729. The highest BCUT2D eigenvalue weighted by Gasteiger charge is 2.37. The van der Waals surface area contributed by atoms with Crippen LogP contribution in [0.25, 0.3) is 0 Å². The highest BCUT2D eigenvalue weighted by molar-refractivity contribution is 5.86. The number of hydrogen-bond donors (Lipinski definition) is 0. The van der Waals surface area contributed by atoms with Crippen LogP contribution >= 0.6 is 0 Å². The third kappa shape index (κ3) is 5.72. The second-order valence-electron chi connectivity index (χ2n) is 8.55. The van der Waals surface area contributed by atoms with Gasteiger partial charge in [0.1, 0.15) is 11.6 Å². The smallest absolute Gasteiger partial charge is 0.410 e. The zero-order valence-corrected chi connectivity index (χ0v) is 17.6. The predicted molar refractivity (Wildman–Crippen MR) is 107 cm³/mol. The van der Waals surface area contributed by atoms with Crippen LogP contribution in [0, 0.1) is 11.3 Å². The number of nitriles is 1. The van der Waals surface area contributed by atoms with Crippen molar-refractivity contribution in [3.63, 3.8) is 0 Å². The minimum Gasteiger partial charge on any atom is -0.444 e. The number of benzene rings is 1. The molecule has 0 aromatic heterocycles. The van der Waals surface area contributed by atoms with E-state index in [4.69, 9.17) is 10.00 Å². The fourth-order valence-corrected chi connectivity index (χ4v) is 3.32. The van der Waals surface area contributed by atoms with Gasteiger partial charge in [0.05, 0.1) is 11.6 Å². The van der Waals surface area contributed by atoms with Gasteiger partial charge in [0.2, 0.25) is 5.91 Å². The van der Waals surface area contributed by atoms with Gasteiger partial charge in [0, 0.05) is 19.1 Å². The summed E-state index contributed by atoms with van der Waals surface area (Å²) in [6, 6.07) is 8.85. The van der Waals surface area contributed by atoms with Crippen LogP contribution in [-0.2, 0) is 16.1 Å². The molecular weight excluding hydrogens is 354 g/mol. The Kier molecular flexibility index (Phi) is 7.06. The molecule has 0 radical (unpaired) electrons. The number of nitrogens with zero attached hydrogens (tertiary/aromatic N) is 3. The fraction of sp³-hybridized carbons (Fsp3) is 0.591. The van der Waals surface area contributed by atoms with Crippen LogP contribution in [0.5, 0.6) is 0 Å². The summed E-state index contributed by atoms with van der Waals surface area (Å²) in [6.07, 6.45) is 2.01. The number of carbonyl (C=O) groups excluding carboxylic acids is 2. The van der Waals surface area contributed by atoms with E-state index in [-0.39, 0.29) is 11.9 Å². The molecule has 152 valence electrons. The van der Waals surface area contributed by atoms with Crippen LogP contribution in [-0.4, -0.2) is 46.0 Å². The summed E-state index contributed by atoms with van der Waals surface area (Å²) in [6.45, 7) is 10.4. The van der Waals surface area contributed by atoms with Gasteiger partial charge in [-0.15, -0.1) is 0 Å².